The Morgan fingerprint density at radius 2 is 1.81 bits per heavy atom. The minimum absolute atomic E-state index is 0.0869. The maximum Gasteiger partial charge on any atom is 0.421 e. The Morgan fingerprint density at radius 1 is 1.25 bits per heavy atom. The Balaban J connectivity index is 2.48. The van der Waals surface area contributed by atoms with Gasteiger partial charge in [0.1, 0.15) is 0 Å². The molecule has 0 unspecified atom stereocenters. The van der Waals surface area contributed by atoms with Gasteiger partial charge in [-0.2, -0.15) is 0 Å². The molecule has 16 heavy (non-hydrogen) atoms. The number of carbonyl (C=O) groups excluding carboxylic acids is 2. The summed E-state index contributed by atoms with van der Waals surface area (Å²) >= 11 is 11.1. The molecular weight excluding hydrogens is 260 g/mol. The molecule has 1 aliphatic rings. The number of anilines is 1. The van der Waals surface area contributed by atoms with Crippen molar-refractivity contribution in [1.82, 2.24) is 0 Å². The van der Waals surface area contributed by atoms with Gasteiger partial charge in [-0.25, -0.2) is 14.1 Å². The van der Waals surface area contributed by atoms with E-state index in [9.17, 15) is 14.0 Å². The van der Waals surface area contributed by atoms with Crippen molar-refractivity contribution < 1.29 is 18.7 Å². The van der Waals surface area contributed by atoms with E-state index in [1.807, 2.05) is 0 Å². The third-order valence-electron chi connectivity index (χ3n) is 1.98. The summed E-state index contributed by atoms with van der Waals surface area (Å²) in [6.07, 6.45) is -0.830. The molecule has 1 aliphatic heterocycles. The molecular formula is C9H4Cl2FNO3. The first-order valence-electron chi connectivity index (χ1n) is 4.15. The van der Waals surface area contributed by atoms with E-state index in [1.165, 1.54) is 0 Å². The molecule has 0 spiro atoms. The number of imide groups is 1. The summed E-state index contributed by atoms with van der Waals surface area (Å²) in [6.45, 7) is -0.342. The summed E-state index contributed by atoms with van der Waals surface area (Å²) < 4.78 is 17.6. The molecule has 0 radical (unpaired) electrons. The first-order chi connectivity index (χ1) is 7.50. The van der Waals surface area contributed by atoms with Crippen LogP contribution in [0.5, 0.6) is 0 Å². The van der Waals surface area contributed by atoms with Crippen LogP contribution in [0.4, 0.5) is 14.9 Å². The topological polar surface area (TPSA) is 46.6 Å². The Hall–Kier alpha value is -1.33. The highest BCUT2D eigenvalue weighted by Gasteiger charge is 2.33. The van der Waals surface area contributed by atoms with Gasteiger partial charge in [-0.15, -0.1) is 0 Å². The van der Waals surface area contributed by atoms with Gasteiger partial charge in [0.2, 0.25) is 0 Å². The number of benzene rings is 1. The molecule has 1 aromatic rings. The number of halogens is 3. The number of hydrogen-bond donors (Lipinski definition) is 0. The van der Waals surface area contributed by atoms with Crippen molar-refractivity contribution in [2.75, 3.05) is 11.5 Å². The molecule has 1 aromatic carbocycles. The van der Waals surface area contributed by atoms with Crippen molar-refractivity contribution in [2.45, 2.75) is 0 Å². The first-order valence-corrected chi connectivity index (χ1v) is 4.90. The molecule has 84 valence electrons. The van der Waals surface area contributed by atoms with Crippen molar-refractivity contribution >= 4 is 40.9 Å². The lowest BCUT2D eigenvalue weighted by Gasteiger charge is -2.11. The SMILES string of the molecule is O=C1COC(=O)N1c1cc(Cl)c(F)c(Cl)c1. The van der Waals surface area contributed by atoms with Gasteiger partial charge in [-0.05, 0) is 12.1 Å². The van der Waals surface area contributed by atoms with Crippen LogP contribution in [0, 0.1) is 5.82 Å². The predicted molar refractivity (Wildman–Crippen MR) is 55.3 cm³/mol. The standard InChI is InChI=1S/C9H4Cl2FNO3/c10-5-1-4(2-6(11)8(5)12)13-7(14)3-16-9(13)15/h1-2H,3H2. The van der Waals surface area contributed by atoms with Crippen LogP contribution in [0.1, 0.15) is 0 Å². The maximum absolute atomic E-state index is 13.1. The molecule has 1 heterocycles. The summed E-state index contributed by atoms with van der Waals surface area (Å²) in [5, 5.41) is -0.537. The summed E-state index contributed by atoms with van der Waals surface area (Å²) in [7, 11) is 0. The summed E-state index contributed by atoms with van der Waals surface area (Å²) in [5.41, 5.74) is 0.0869. The van der Waals surface area contributed by atoms with Gasteiger partial charge < -0.3 is 4.74 Å². The number of hydrogen-bond acceptors (Lipinski definition) is 3. The highest BCUT2D eigenvalue weighted by atomic mass is 35.5. The number of cyclic esters (lactones) is 1. The number of carbonyl (C=O) groups is 2. The van der Waals surface area contributed by atoms with Crippen LogP contribution in [0.2, 0.25) is 10.0 Å². The van der Waals surface area contributed by atoms with E-state index >= 15 is 0 Å². The molecule has 4 nitrogen and oxygen atoms in total. The minimum atomic E-state index is -0.830. The van der Waals surface area contributed by atoms with E-state index < -0.39 is 17.8 Å². The Bertz CT molecular complexity index is 453. The molecule has 1 saturated heterocycles. The van der Waals surface area contributed by atoms with Crippen molar-refractivity contribution in [3.8, 4) is 0 Å². The first kappa shape index (κ1) is 11.2. The average molecular weight is 264 g/mol. The van der Waals surface area contributed by atoms with Gasteiger partial charge in [-0.1, -0.05) is 23.2 Å². The Kier molecular flexibility index (Phi) is 2.73. The molecule has 2 amide bonds. The Morgan fingerprint density at radius 3 is 2.25 bits per heavy atom. The van der Waals surface area contributed by atoms with Crippen LogP contribution >= 0.6 is 23.2 Å². The minimum Gasteiger partial charge on any atom is -0.439 e. The number of ether oxygens (including phenoxy) is 1. The van der Waals surface area contributed by atoms with Gasteiger partial charge in [-0.3, -0.25) is 4.79 Å². The normalized spacial score (nSPS) is 15.6. The smallest absolute Gasteiger partial charge is 0.421 e. The highest BCUT2D eigenvalue weighted by Crippen LogP contribution is 2.30. The highest BCUT2D eigenvalue weighted by molar-refractivity contribution is 6.35. The zero-order chi connectivity index (χ0) is 11.9. The third kappa shape index (κ3) is 1.72. The second-order valence-corrected chi connectivity index (χ2v) is 3.82. The van der Waals surface area contributed by atoms with Crippen LogP contribution in [-0.2, 0) is 9.53 Å². The lowest BCUT2D eigenvalue weighted by Crippen LogP contribution is -2.28. The zero-order valence-electron chi connectivity index (χ0n) is 7.67. The van der Waals surface area contributed by atoms with Crippen molar-refractivity contribution in [1.29, 1.82) is 0 Å². The van der Waals surface area contributed by atoms with E-state index in [1.54, 1.807) is 0 Å². The maximum atomic E-state index is 13.1. The molecule has 0 aliphatic carbocycles. The fraction of sp³-hybridized carbons (Fsp3) is 0.111. The number of nitrogens with zero attached hydrogens (tertiary/aromatic N) is 1. The zero-order valence-corrected chi connectivity index (χ0v) is 9.18. The molecule has 0 N–H and O–H groups in total. The molecule has 0 bridgehead atoms. The van der Waals surface area contributed by atoms with E-state index in [0.29, 0.717) is 0 Å². The fourth-order valence-electron chi connectivity index (χ4n) is 1.28. The van der Waals surface area contributed by atoms with Crippen LogP contribution in [0.25, 0.3) is 0 Å². The van der Waals surface area contributed by atoms with Gasteiger partial charge in [0.05, 0.1) is 15.7 Å². The average Bonchev–Trinajstić information content (AvgIpc) is 2.54. The second-order valence-electron chi connectivity index (χ2n) is 3.01. The van der Waals surface area contributed by atoms with E-state index in [2.05, 4.69) is 4.74 Å². The summed E-state index contributed by atoms with van der Waals surface area (Å²) in [5.74, 6) is -1.35. The summed E-state index contributed by atoms with van der Waals surface area (Å²) in [4.78, 5) is 23.2. The van der Waals surface area contributed by atoms with Crippen LogP contribution in [-0.4, -0.2) is 18.6 Å². The monoisotopic (exact) mass is 263 g/mol. The second kappa shape index (κ2) is 3.92. The van der Waals surface area contributed by atoms with E-state index in [0.717, 1.165) is 17.0 Å². The fourth-order valence-corrected chi connectivity index (χ4v) is 1.75. The Labute approximate surface area is 99.5 Å². The van der Waals surface area contributed by atoms with Crippen LogP contribution in [0.3, 0.4) is 0 Å². The predicted octanol–water partition coefficient (Wildman–Crippen LogP) is 2.62. The third-order valence-corrected chi connectivity index (χ3v) is 2.53. The quantitative estimate of drug-likeness (QED) is 0.732. The molecule has 7 heteroatoms. The van der Waals surface area contributed by atoms with Crippen molar-refractivity contribution in [2.24, 2.45) is 0 Å². The molecule has 0 aromatic heterocycles. The van der Waals surface area contributed by atoms with Crippen LogP contribution < -0.4 is 4.90 Å². The van der Waals surface area contributed by atoms with E-state index in [-0.39, 0.29) is 22.3 Å². The van der Waals surface area contributed by atoms with Crippen molar-refractivity contribution in [3.63, 3.8) is 0 Å². The lowest BCUT2D eigenvalue weighted by molar-refractivity contribution is -0.117. The summed E-state index contributed by atoms with van der Waals surface area (Å²) in [6, 6.07) is 2.26. The molecule has 0 atom stereocenters. The van der Waals surface area contributed by atoms with Gasteiger partial charge >= 0.3 is 6.09 Å². The van der Waals surface area contributed by atoms with Crippen LogP contribution in [0.15, 0.2) is 12.1 Å². The van der Waals surface area contributed by atoms with Gasteiger partial charge in [0.15, 0.2) is 12.4 Å². The van der Waals surface area contributed by atoms with Gasteiger partial charge in [0, 0.05) is 0 Å². The molecule has 1 fully saturated rings. The number of amides is 2. The number of rotatable bonds is 1. The van der Waals surface area contributed by atoms with Crippen molar-refractivity contribution in [3.05, 3.63) is 28.0 Å². The van der Waals surface area contributed by atoms with Gasteiger partial charge in [0.25, 0.3) is 5.91 Å². The molecule has 2 rings (SSSR count). The largest absolute Gasteiger partial charge is 0.439 e. The molecule has 0 saturated carbocycles. The van der Waals surface area contributed by atoms with E-state index in [4.69, 9.17) is 23.2 Å². The lowest BCUT2D eigenvalue weighted by atomic mass is 10.3.